The first-order valence-corrected chi connectivity index (χ1v) is 8.47. The molecule has 0 aliphatic carbocycles. The minimum absolute atomic E-state index is 0.226. The first-order chi connectivity index (χ1) is 12.4. The molecule has 0 aliphatic heterocycles. The molecule has 0 heterocycles. The van der Waals surface area contributed by atoms with Gasteiger partial charge >= 0.3 is 6.03 Å². The average molecular weight is 357 g/mol. The zero-order valence-corrected chi connectivity index (χ0v) is 16.0. The van der Waals surface area contributed by atoms with Crippen molar-refractivity contribution in [3.8, 4) is 11.5 Å². The van der Waals surface area contributed by atoms with Gasteiger partial charge in [0, 0.05) is 31.9 Å². The van der Waals surface area contributed by atoms with Crippen molar-refractivity contribution in [3.05, 3.63) is 53.6 Å². The van der Waals surface area contributed by atoms with Crippen molar-refractivity contribution in [2.45, 2.75) is 19.5 Å². The summed E-state index contributed by atoms with van der Waals surface area (Å²) in [4.78, 5) is 14.3. The Morgan fingerprint density at radius 2 is 1.77 bits per heavy atom. The Morgan fingerprint density at radius 1 is 1.08 bits per heavy atom. The van der Waals surface area contributed by atoms with E-state index in [9.17, 15) is 4.79 Å². The minimum atomic E-state index is -0.237. The summed E-state index contributed by atoms with van der Waals surface area (Å²) in [5.74, 6) is 1.42. The molecule has 2 aromatic rings. The van der Waals surface area contributed by atoms with Crippen LogP contribution in [0.25, 0.3) is 0 Å². The van der Waals surface area contributed by atoms with Crippen LogP contribution in [0.3, 0.4) is 0 Å². The SMILES string of the molecule is COc1ccc(OC)c(C(C)NC(=O)NCc2ccc(N(C)C)cc2)c1. The second-order valence-corrected chi connectivity index (χ2v) is 6.22. The molecule has 2 rings (SSSR count). The Kier molecular flexibility index (Phi) is 6.72. The van der Waals surface area contributed by atoms with Crippen molar-refractivity contribution in [2.24, 2.45) is 0 Å². The molecule has 6 heteroatoms. The summed E-state index contributed by atoms with van der Waals surface area (Å²) < 4.78 is 10.6. The summed E-state index contributed by atoms with van der Waals surface area (Å²) >= 11 is 0. The lowest BCUT2D eigenvalue weighted by molar-refractivity contribution is 0.237. The summed E-state index contributed by atoms with van der Waals surface area (Å²) in [6.07, 6.45) is 0. The highest BCUT2D eigenvalue weighted by Gasteiger charge is 2.15. The van der Waals surface area contributed by atoms with Crippen LogP contribution in [0.2, 0.25) is 0 Å². The molecule has 26 heavy (non-hydrogen) atoms. The molecule has 0 aromatic heterocycles. The molecule has 1 atom stereocenters. The standard InChI is InChI=1S/C20H27N3O3/c1-14(18-12-17(25-4)10-11-19(18)26-5)22-20(24)21-13-15-6-8-16(9-7-15)23(2)3/h6-12,14H,13H2,1-5H3,(H2,21,22,24). The van der Waals surface area contributed by atoms with Gasteiger partial charge in [-0.05, 0) is 42.8 Å². The number of rotatable bonds is 7. The van der Waals surface area contributed by atoms with Gasteiger partial charge in [-0.2, -0.15) is 0 Å². The normalized spacial score (nSPS) is 11.4. The van der Waals surface area contributed by atoms with Crippen LogP contribution < -0.4 is 25.0 Å². The molecule has 2 aromatic carbocycles. The first-order valence-electron chi connectivity index (χ1n) is 8.47. The van der Waals surface area contributed by atoms with E-state index in [4.69, 9.17) is 9.47 Å². The van der Waals surface area contributed by atoms with Crippen LogP contribution in [0, 0.1) is 0 Å². The maximum absolute atomic E-state index is 12.2. The third kappa shape index (κ3) is 5.05. The number of amides is 2. The lowest BCUT2D eigenvalue weighted by Gasteiger charge is -2.19. The van der Waals surface area contributed by atoms with Crippen molar-refractivity contribution in [1.29, 1.82) is 0 Å². The van der Waals surface area contributed by atoms with Gasteiger partial charge in [0.2, 0.25) is 0 Å². The predicted octanol–water partition coefficient (Wildman–Crippen LogP) is 3.33. The number of ether oxygens (including phenoxy) is 2. The van der Waals surface area contributed by atoms with Gasteiger partial charge in [0.25, 0.3) is 0 Å². The number of carbonyl (C=O) groups is 1. The Labute approximate surface area is 155 Å². The van der Waals surface area contributed by atoms with Gasteiger partial charge in [-0.1, -0.05) is 12.1 Å². The number of carbonyl (C=O) groups excluding carboxylic acids is 1. The number of nitrogens with one attached hydrogen (secondary N) is 2. The smallest absolute Gasteiger partial charge is 0.315 e. The topological polar surface area (TPSA) is 62.8 Å². The maximum atomic E-state index is 12.2. The van der Waals surface area contributed by atoms with E-state index in [2.05, 4.69) is 10.6 Å². The van der Waals surface area contributed by atoms with Gasteiger partial charge < -0.3 is 25.0 Å². The Bertz CT molecular complexity index is 730. The van der Waals surface area contributed by atoms with Crippen molar-refractivity contribution < 1.29 is 14.3 Å². The first kappa shape index (κ1) is 19.4. The molecule has 0 radical (unpaired) electrons. The third-order valence-electron chi connectivity index (χ3n) is 4.16. The Hall–Kier alpha value is -2.89. The highest BCUT2D eigenvalue weighted by atomic mass is 16.5. The fourth-order valence-corrected chi connectivity index (χ4v) is 2.60. The fraction of sp³-hybridized carbons (Fsp3) is 0.350. The number of hydrogen-bond donors (Lipinski definition) is 2. The number of hydrogen-bond acceptors (Lipinski definition) is 4. The fourth-order valence-electron chi connectivity index (χ4n) is 2.60. The molecule has 0 fully saturated rings. The van der Waals surface area contributed by atoms with E-state index in [0.29, 0.717) is 12.3 Å². The molecule has 0 aliphatic rings. The molecule has 0 saturated heterocycles. The zero-order chi connectivity index (χ0) is 19.1. The molecule has 140 valence electrons. The van der Waals surface area contributed by atoms with Crippen LogP contribution >= 0.6 is 0 Å². The summed E-state index contributed by atoms with van der Waals surface area (Å²) in [6, 6.07) is 13.1. The summed E-state index contributed by atoms with van der Waals surface area (Å²) in [5.41, 5.74) is 3.02. The number of methoxy groups -OCH3 is 2. The van der Waals surface area contributed by atoms with E-state index in [1.54, 1.807) is 14.2 Å². The van der Waals surface area contributed by atoms with Crippen LogP contribution in [0.5, 0.6) is 11.5 Å². The molecule has 2 amide bonds. The van der Waals surface area contributed by atoms with Gasteiger partial charge in [-0.25, -0.2) is 4.79 Å². The van der Waals surface area contributed by atoms with E-state index in [0.717, 1.165) is 22.6 Å². The second kappa shape index (κ2) is 8.99. The molecular formula is C20H27N3O3. The molecule has 0 bridgehead atoms. The quantitative estimate of drug-likeness (QED) is 0.798. The van der Waals surface area contributed by atoms with Crippen LogP contribution in [0.1, 0.15) is 24.1 Å². The highest BCUT2D eigenvalue weighted by Crippen LogP contribution is 2.29. The largest absolute Gasteiger partial charge is 0.497 e. The second-order valence-electron chi connectivity index (χ2n) is 6.22. The monoisotopic (exact) mass is 357 g/mol. The van der Waals surface area contributed by atoms with Crippen molar-refractivity contribution in [1.82, 2.24) is 10.6 Å². The summed E-state index contributed by atoms with van der Waals surface area (Å²) in [7, 11) is 7.21. The molecular weight excluding hydrogens is 330 g/mol. The lowest BCUT2D eigenvalue weighted by Crippen LogP contribution is -2.36. The number of benzene rings is 2. The van der Waals surface area contributed by atoms with E-state index in [1.165, 1.54) is 0 Å². The van der Waals surface area contributed by atoms with Crippen LogP contribution in [0.4, 0.5) is 10.5 Å². The predicted molar refractivity (Wildman–Crippen MR) is 104 cm³/mol. The Morgan fingerprint density at radius 3 is 2.35 bits per heavy atom. The third-order valence-corrected chi connectivity index (χ3v) is 4.16. The van der Waals surface area contributed by atoms with Crippen molar-refractivity contribution in [2.75, 3.05) is 33.2 Å². The molecule has 2 N–H and O–H groups in total. The maximum Gasteiger partial charge on any atom is 0.315 e. The molecule has 6 nitrogen and oxygen atoms in total. The van der Waals surface area contributed by atoms with Gasteiger partial charge in [-0.15, -0.1) is 0 Å². The van der Waals surface area contributed by atoms with E-state index >= 15 is 0 Å². The molecule has 0 saturated carbocycles. The zero-order valence-electron chi connectivity index (χ0n) is 16.0. The minimum Gasteiger partial charge on any atom is -0.497 e. The van der Waals surface area contributed by atoms with E-state index < -0.39 is 0 Å². The van der Waals surface area contributed by atoms with Gasteiger partial charge in [0.1, 0.15) is 11.5 Å². The summed E-state index contributed by atoms with van der Waals surface area (Å²) in [6.45, 7) is 2.37. The van der Waals surface area contributed by atoms with E-state index in [1.807, 2.05) is 68.4 Å². The van der Waals surface area contributed by atoms with Crippen molar-refractivity contribution in [3.63, 3.8) is 0 Å². The number of anilines is 1. The van der Waals surface area contributed by atoms with Gasteiger partial charge in [-0.3, -0.25) is 0 Å². The summed E-state index contributed by atoms with van der Waals surface area (Å²) in [5, 5.41) is 5.81. The van der Waals surface area contributed by atoms with Crippen LogP contribution in [-0.4, -0.2) is 34.3 Å². The Balaban J connectivity index is 1.94. The van der Waals surface area contributed by atoms with Gasteiger partial charge in [0.15, 0.2) is 0 Å². The average Bonchev–Trinajstić information content (AvgIpc) is 2.66. The number of urea groups is 1. The van der Waals surface area contributed by atoms with Crippen LogP contribution in [0.15, 0.2) is 42.5 Å². The molecule has 1 unspecified atom stereocenters. The van der Waals surface area contributed by atoms with Gasteiger partial charge in [0.05, 0.1) is 20.3 Å². The lowest BCUT2D eigenvalue weighted by atomic mass is 10.1. The number of nitrogens with zero attached hydrogens (tertiary/aromatic N) is 1. The van der Waals surface area contributed by atoms with Crippen LogP contribution in [-0.2, 0) is 6.54 Å². The van der Waals surface area contributed by atoms with E-state index in [-0.39, 0.29) is 12.1 Å². The molecule has 0 spiro atoms. The highest BCUT2D eigenvalue weighted by molar-refractivity contribution is 5.74. The van der Waals surface area contributed by atoms with Crippen molar-refractivity contribution >= 4 is 11.7 Å².